The third-order valence-electron chi connectivity index (χ3n) is 6.79. The fourth-order valence-electron chi connectivity index (χ4n) is 4.36. The number of fused-ring (bicyclic) bond motifs is 1. The predicted molar refractivity (Wildman–Crippen MR) is 127 cm³/mol. The summed E-state index contributed by atoms with van der Waals surface area (Å²) in [5.41, 5.74) is 1.06. The van der Waals surface area contributed by atoms with Crippen LogP contribution in [0.4, 0.5) is 0 Å². The summed E-state index contributed by atoms with van der Waals surface area (Å²) in [5.74, 6) is 0. The van der Waals surface area contributed by atoms with E-state index in [4.69, 9.17) is 0 Å². The summed E-state index contributed by atoms with van der Waals surface area (Å²) in [5, 5.41) is 13.5. The first-order valence-corrected chi connectivity index (χ1v) is 12.0. The Morgan fingerprint density at radius 3 is 1.97 bits per heavy atom. The highest BCUT2D eigenvalue weighted by molar-refractivity contribution is 5.86. The minimum atomic E-state index is -0.445. The van der Waals surface area contributed by atoms with Crippen molar-refractivity contribution in [2.24, 2.45) is 0 Å². The Morgan fingerprint density at radius 1 is 0.759 bits per heavy atom. The van der Waals surface area contributed by atoms with Crippen molar-refractivity contribution in [3.63, 3.8) is 0 Å². The van der Waals surface area contributed by atoms with Gasteiger partial charge in [-0.25, -0.2) is 0 Å². The summed E-state index contributed by atoms with van der Waals surface area (Å²) in [4.78, 5) is 0. The Hall–Kier alpha value is -1.38. The van der Waals surface area contributed by atoms with Gasteiger partial charge in [0.1, 0.15) is 12.1 Å². The van der Waals surface area contributed by atoms with Crippen molar-refractivity contribution in [1.29, 1.82) is 0 Å². The molecule has 0 fully saturated rings. The number of likely N-dealkylation sites (N-methyl/N-ethyl adjacent to an activating group) is 1. The molecule has 0 radical (unpaired) electrons. The molecule has 0 amide bonds. The summed E-state index contributed by atoms with van der Waals surface area (Å²) in [7, 11) is 4.54. The molecule has 0 spiro atoms. The smallest absolute Gasteiger partial charge is 0.131 e. The van der Waals surface area contributed by atoms with E-state index in [9.17, 15) is 5.11 Å². The second-order valence-electron chi connectivity index (χ2n) is 9.44. The molecule has 2 atom stereocenters. The topological polar surface area (TPSA) is 20.2 Å². The number of benzene rings is 2. The minimum Gasteiger partial charge on any atom is -0.382 e. The molecule has 162 valence electrons. The lowest BCUT2D eigenvalue weighted by Crippen LogP contribution is -2.50. The van der Waals surface area contributed by atoms with Gasteiger partial charge in [0.25, 0.3) is 0 Å². The van der Waals surface area contributed by atoms with Crippen molar-refractivity contribution in [1.82, 2.24) is 0 Å². The Bertz CT molecular complexity index is 703. The van der Waals surface area contributed by atoms with Gasteiger partial charge in [0, 0.05) is 0 Å². The molecular formula is C27H44NO+. The predicted octanol–water partition coefficient (Wildman–Crippen LogP) is 7.26. The van der Waals surface area contributed by atoms with Gasteiger partial charge >= 0.3 is 0 Å². The molecule has 0 heterocycles. The largest absolute Gasteiger partial charge is 0.382 e. The lowest BCUT2D eigenvalue weighted by atomic mass is 9.95. The Morgan fingerprint density at radius 2 is 1.31 bits per heavy atom. The van der Waals surface area contributed by atoms with Crippen LogP contribution in [-0.4, -0.2) is 36.3 Å². The lowest BCUT2D eigenvalue weighted by Gasteiger charge is -2.39. The van der Waals surface area contributed by atoms with Crippen molar-refractivity contribution in [3.05, 3.63) is 48.0 Å². The Balaban J connectivity index is 1.76. The van der Waals surface area contributed by atoms with E-state index in [1.165, 1.54) is 75.0 Å². The summed E-state index contributed by atoms with van der Waals surface area (Å²) in [6.45, 7) is 5.60. The molecule has 2 aromatic carbocycles. The van der Waals surface area contributed by atoms with E-state index in [0.29, 0.717) is 0 Å². The summed E-state index contributed by atoms with van der Waals surface area (Å²) >= 11 is 0. The second-order valence-corrected chi connectivity index (χ2v) is 9.44. The fourth-order valence-corrected chi connectivity index (χ4v) is 4.36. The van der Waals surface area contributed by atoms with E-state index >= 15 is 0 Å². The number of hydrogen-bond donors (Lipinski definition) is 1. The van der Waals surface area contributed by atoms with Crippen molar-refractivity contribution in [2.45, 2.75) is 90.2 Å². The zero-order chi connectivity index (χ0) is 21.1. The number of aliphatic hydroxyl groups excluding tert-OH is 1. The molecule has 2 nitrogen and oxygen atoms in total. The molecule has 0 aromatic heterocycles. The van der Waals surface area contributed by atoms with Crippen LogP contribution in [-0.2, 0) is 0 Å². The number of nitrogens with zero attached hydrogens (tertiary/aromatic N) is 1. The normalized spacial score (nSPS) is 14.2. The molecule has 2 aromatic rings. The van der Waals surface area contributed by atoms with Gasteiger partial charge in [0.05, 0.1) is 20.6 Å². The first-order chi connectivity index (χ1) is 14.0. The fraction of sp³-hybridized carbons (Fsp3) is 0.630. The van der Waals surface area contributed by atoms with Gasteiger partial charge in [-0.05, 0) is 36.1 Å². The summed E-state index contributed by atoms with van der Waals surface area (Å²) in [6.07, 6.45) is 13.2. The number of aliphatic hydroxyl groups is 1. The zero-order valence-electron chi connectivity index (χ0n) is 19.4. The quantitative estimate of drug-likeness (QED) is 0.262. The summed E-state index contributed by atoms with van der Waals surface area (Å²) < 4.78 is 0.863. The lowest BCUT2D eigenvalue weighted by molar-refractivity contribution is -0.917. The van der Waals surface area contributed by atoms with Crippen LogP contribution in [0, 0.1) is 0 Å². The molecule has 0 bridgehead atoms. The summed E-state index contributed by atoms with van der Waals surface area (Å²) in [6, 6.07) is 14.8. The van der Waals surface area contributed by atoms with Crippen LogP contribution >= 0.6 is 0 Å². The standard InChI is InChI=1S/C27H44NO/c1-5-6-7-8-9-10-11-12-13-16-22-28(3,4)23(2)27(29)26-21-17-19-24-18-14-15-20-25(24)26/h14-15,17-21,23,27,29H,5-13,16,22H2,1-4H3/q+1. The third-order valence-corrected chi connectivity index (χ3v) is 6.79. The maximum absolute atomic E-state index is 11.2. The highest BCUT2D eigenvalue weighted by atomic mass is 16.3. The molecule has 2 unspecified atom stereocenters. The first-order valence-electron chi connectivity index (χ1n) is 12.0. The molecular weight excluding hydrogens is 354 g/mol. The highest BCUT2D eigenvalue weighted by Crippen LogP contribution is 2.30. The van der Waals surface area contributed by atoms with Crippen molar-refractivity contribution < 1.29 is 9.59 Å². The first kappa shape index (κ1) is 23.9. The van der Waals surface area contributed by atoms with Crippen LogP contribution in [0.15, 0.2) is 42.5 Å². The Labute approximate surface area is 179 Å². The van der Waals surface area contributed by atoms with E-state index in [1.54, 1.807) is 0 Å². The maximum atomic E-state index is 11.2. The maximum Gasteiger partial charge on any atom is 0.131 e. The van der Waals surface area contributed by atoms with E-state index in [1.807, 2.05) is 0 Å². The van der Waals surface area contributed by atoms with Crippen molar-refractivity contribution >= 4 is 10.8 Å². The molecule has 0 saturated heterocycles. The number of quaternary nitrogens is 1. The average molecular weight is 399 g/mol. The third kappa shape index (κ3) is 7.42. The Kier molecular flexibility index (Phi) is 10.2. The van der Waals surface area contributed by atoms with Crippen LogP contribution in [0.5, 0.6) is 0 Å². The van der Waals surface area contributed by atoms with Gasteiger partial charge in [-0.1, -0.05) is 101 Å². The van der Waals surface area contributed by atoms with E-state index in [-0.39, 0.29) is 6.04 Å². The van der Waals surface area contributed by atoms with Gasteiger partial charge in [-0.3, -0.25) is 0 Å². The highest BCUT2D eigenvalue weighted by Gasteiger charge is 2.31. The van der Waals surface area contributed by atoms with Crippen molar-refractivity contribution in [2.75, 3.05) is 20.6 Å². The molecule has 0 aliphatic heterocycles. The van der Waals surface area contributed by atoms with Gasteiger partial charge in [0.15, 0.2) is 0 Å². The van der Waals surface area contributed by atoms with Gasteiger partial charge in [-0.2, -0.15) is 0 Å². The molecule has 0 saturated carbocycles. The molecule has 0 aliphatic carbocycles. The molecule has 1 N–H and O–H groups in total. The number of unbranched alkanes of at least 4 members (excludes halogenated alkanes) is 9. The van der Waals surface area contributed by atoms with Gasteiger partial charge < -0.3 is 9.59 Å². The molecule has 2 rings (SSSR count). The van der Waals surface area contributed by atoms with Crippen LogP contribution in [0.1, 0.15) is 89.7 Å². The second kappa shape index (κ2) is 12.3. The molecule has 0 aliphatic rings. The van der Waals surface area contributed by atoms with Crippen molar-refractivity contribution in [3.8, 4) is 0 Å². The minimum absolute atomic E-state index is 0.166. The molecule has 29 heavy (non-hydrogen) atoms. The van der Waals surface area contributed by atoms with E-state index < -0.39 is 6.10 Å². The van der Waals surface area contributed by atoms with Crippen LogP contribution in [0.25, 0.3) is 10.8 Å². The average Bonchev–Trinajstić information content (AvgIpc) is 2.73. The van der Waals surface area contributed by atoms with E-state index in [2.05, 4.69) is 70.4 Å². The number of hydrogen-bond acceptors (Lipinski definition) is 1. The van der Waals surface area contributed by atoms with Crippen LogP contribution < -0.4 is 0 Å². The van der Waals surface area contributed by atoms with Crippen LogP contribution in [0.3, 0.4) is 0 Å². The molecule has 2 heteroatoms. The van der Waals surface area contributed by atoms with Gasteiger partial charge in [0.2, 0.25) is 0 Å². The SMILES string of the molecule is CCCCCCCCCCCC[N+](C)(C)C(C)C(O)c1cccc2ccccc12. The van der Waals surface area contributed by atoms with Gasteiger partial charge in [-0.15, -0.1) is 0 Å². The zero-order valence-corrected chi connectivity index (χ0v) is 19.4. The van der Waals surface area contributed by atoms with E-state index in [0.717, 1.165) is 16.6 Å². The number of rotatable bonds is 14. The monoisotopic (exact) mass is 398 g/mol. The van der Waals surface area contributed by atoms with Crippen LogP contribution in [0.2, 0.25) is 0 Å².